The highest BCUT2D eigenvalue weighted by atomic mass is 35.5. The summed E-state index contributed by atoms with van der Waals surface area (Å²) >= 11 is 5.87. The summed E-state index contributed by atoms with van der Waals surface area (Å²) in [7, 11) is 0. The van der Waals surface area contributed by atoms with E-state index in [-0.39, 0.29) is 0 Å². The van der Waals surface area contributed by atoms with Gasteiger partial charge in [0.1, 0.15) is 11.3 Å². The number of halogens is 1. The first kappa shape index (κ1) is 10.4. The molecule has 0 amide bonds. The maximum Gasteiger partial charge on any atom is 0.135 e. The van der Waals surface area contributed by atoms with E-state index < -0.39 is 0 Å². The van der Waals surface area contributed by atoms with Crippen LogP contribution in [0.15, 0.2) is 52.9 Å². The fraction of sp³-hybridized carbons (Fsp3) is 0.0667. The third kappa shape index (κ3) is 1.94. The van der Waals surface area contributed by atoms with Crippen LogP contribution in [0.25, 0.3) is 22.3 Å². The molecule has 0 N–H and O–H groups in total. The van der Waals surface area contributed by atoms with Crippen molar-refractivity contribution in [1.82, 2.24) is 0 Å². The zero-order valence-electron chi connectivity index (χ0n) is 9.41. The van der Waals surface area contributed by atoms with Gasteiger partial charge in [0, 0.05) is 16.0 Å². The number of hydrogen-bond donors (Lipinski definition) is 0. The van der Waals surface area contributed by atoms with Gasteiger partial charge in [-0.25, -0.2) is 0 Å². The lowest BCUT2D eigenvalue weighted by molar-refractivity contribution is 0.631. The largest absolute Gasteiger partial charge is 0.456 e. The number of rotatable bonds is 1. The van der Waals surface area contributed by atoms with Crippen LogP contribution in [-0.4, -0.2) is 0 Å². The van der Waals surface area contributed by atoms with Crippen molar-refractivity contribution >= 4 is 22.6 Å². The summed E-state index contributed by atoms with van der Waals surface area (Å²) < 4.78 is 5.81. The lowest BCUT2D eigenvalue weighted by atomic mass is 10.1. The summed E-state index contributed by atoms with van der Waals surface area (Å²) in [5, 5.41) is 1.87. The third-order valence-corrected chi connectivity index (χ3v) is 3.05. The quantitative estimate of drug-likeness (QED) is 0.581. The zero-order chi connectivity index (χ0) is 11.8. The van der Waals surface area contributed by atoms with Gasteiger partial charge >= 0.3 is 0 Å². The average molecular weight is 243 g/mol. The Labute approximate surface area is 105 Å². The van der Waals surface area contributed by atoms with Crippen molar-refractivity contribution in [1.29, 1.82) is 0 Å². The monoisotopic (exact) mass is 242 g/mol. The molecule has 0 atom stereocenters. The van der Waals surface area contributed by atoms with Crippen LogP contribution < -0.4 is 0 Å². The summed E-state index contributed by atoms with van der Waals surface area (Å²) in [6.45, 7) is 2.08. The Balaban J connectivity index is 2.14. The smallest absolute Gasteiger partial charge is 0.135 e. The van der Waals surface area contributed by atoms with Gasteiger partial charge in [-0.15, -0.1) is 0 Å². The van der Waals surface area contributed by atoms with Crippen LogP contribution >= 0.6 is 11.6 Å². The molecule has 0 saturated heterocycles. The predicted molar refractivity (Wildman–Crippen MR) is 71.4 cm³/mol. The van der Waals surface area contributed by atoms with E-state index in [0.29, 0.717) is 0 Å². The van der Waals surface area contributed by atoms with Gasteiger partial charge in [0.05, 0.1) is 0 Å². The number of furan rings is 1. The summed E-state index contributed by atoms with van der Waals surface area (Å²) in [6.07, 6.45) is 0. The minimum atomic E-state index is 0.737. The Morgan fingerprint density at radius 2 is 1.71 bits per heavy atom. The van der Waals surface area contributed by atoms with E-state index in [0.717, 1.165) is 27.3 Å². The first-order valence-corrected chi connectivity index (χ1v) is 5.86. The SMILES string of the molecule is Cc1ccc2oc(-c3ccc(Cl)cc3)cc2c1. The zero-order valence-corrected chi connectivity index (χ0v) is 10.2. The molecule has 3 rings (SSSR count). The van der Waals surface area contributed by atoms with Crippen molar-refractivity contribution in [3.8, 4) is 11.3 Å². The molecule has 1 heterocycles. The predicted octanol–water partition coefficient (Wildman–Crippen LogP) is 5.06. The van der Waals surface area contributed by atoms with E-state index in [1.54, 1.807) is 0 Å². The molecule has 0 bridgehead atoms. The summed E-state index contributed by atoms with van der Waals surface area (Å²) in [6, 6.07) is 15.9. The normalized spacial score (nSPS) is 10.9. The van der Waals surface area contributed by atoms with Gasteiger partial charge in [0.25, 0.3) is 0 Å². The Kier molecular flexibility index (Phi) is 2.41. The molecule has 17 heavy (non-hydrogen) atoms. The first-order chi connectivity index (χ1) is 8.22. The molecule has 0 unspecified atom stereocenters. The molecule has 0 radical (unpaired) electrons. The fourth-order valence-corrected chi connectivity index (χ4v) is 2.05. The van der Waals surface area contributed by atoms with Gasteiger partial charge in [-0.05, 0) is 49.4 Å². The first-order valence-electron chi connectivity index (χ1n) is 5.48. The van der Waals surface area contributed by atoms with Crippen LogP contribution in [-0.2, 0) is 0 Å². The standard InChI is InChI=1S/C15H11ClO/c1-10-2-7-14-12(8-10)9-15(17-14)11-3-5-13(16)6-4-11/h2-9H,1H3. The van der Waals surface area contributed by atoms with Crippen LogP contribution in [0.4, 0.5) is 0 Å². The number of hydrogen-bond acceptors (Lipinski definition) is 1. The van der Waals surface area contributed by atoms with Crippen LogP contribution in [0.5, 0.6) is 0 Å². The lowest BCUT2D eigenvalue weighted by Gasteiger charge is -1.95. The van der Waals surface area contributed by atoms with Crippen molar-refractivity contribution in [2.24, 2.45) is 0 Å². The molecule has 2 heteroatoms. The van der Waals surface area contributed by atoms with E-state index in [1.165, 1.54) is 5.56 Å². The molecule has 0 aliphatic carbocycles. The van der Waals surface area contributed by atoms with E-state index >= 15 is 0 Å². The highest BCUT2D eigenvalue weighted by molar-refractivity contribution is 6.30. The van der Waals surface area contributed by atoms with Gasteiger partial charge < -0.3 is 4.42 Å². The van der Waals surface area contributed by atoms with E-state index in [4.69, 9.17) is 16.0 Å². The molecule has 0 aliphatic heterocycles. The third-order valence-electron chi connectivity index (χ3n) is 2.80. The second-order valence-electron chi connectivity index (χ2n) is 4.16. The minimum absolute atomic E-state index is 0.737. The number of fused-ring (bicyclic) bond motifs is 1. The Morgan fingerprint density at radius 3 is 2.47 bits per heavy atom. The number of aryl methyl sites for hydroxylation is 1. The second kappa shape index (κ2) is 3.94. The Bertz CT molecular complexity index is 665. The minimum Gasteiger partial charge on any atom is -0.456 e. The highest BCUT2D eigenvalue weighted by Crippen LogP contribution is 2.29. The maximum absolute atomic E-state index is 5.87. The van der Waals surface area contributed by atoms with Crippen LogP contribution in [0, 0.1) is 6.92 Å². The molecule has 1 aromatic heterocycles. The lowest BCUT2D eigenvalue weighted by Crippen LogP contribution is -1.71. The van der Waals surface area contributed by atoms with Gasteiger partial charge in [0.2, 0.25) is 0 Å². The van der Waals surface area contributed by atoms with Crippen LogP contribution in [0.2, 0.25) is 5.02 Å². The average Bonchev–Trinajstić information content (AvgIpc) is 2.72. The van der Waals surface area contributed by atoms with Crippen LogP contribution in [0.1, 0.15) is 5.56 Å². The molecule has 84 valence electrons. The van der Waals surface area contributed by atoms with Gasteiger partial charge in [-0.1, -0.05) is 23.2 Å². The highest BCUT2D eigenvalue weighted by Gasteiger charge is 2.05. The summed E-state index contributed by atoms with van der Waals surface area (Å²) in [4.78, 5) is 0. The van der Waals surface area contributed by atoms with Crippen molar-refractivity contribution in [3.05, 3.63) is 59.1 Å². The van der Waals surface area contributed by atoms with Crippen molar-refractivity contribution in [3.63, 3.8) is 0 Å². The molecule has 2 aromatic carbocycles. The molecule has 0 spiro atoms. The van der Waals surface area contributed by atoms with E-state index in [1.807, 2.05) is 30.3 Å². The fourth-order valence-electron chi connectivity index (χ4n) is 1.92. The molecule has 0 aliphatic rings. The molecule has 0 fully saturated rings. The summed E-state index contributed by atoms with van der Waals surface area (Å²) in [5.41, 5.74) is 3.20. The molecule has 1 nitrogen and oxygen atoms in total. The molecule has 0 saturated carbocycles. The molecule has 3 aromatic rings. The van der Waals surface area contributed by atoms with Gasteiger partial charge in [0.15, 0.2) is 0 Å². The van der Waals surface area contributed by atoms with Crippen molar-refractivity contribution < 1.29 is 4.42 Å². The van der Waals surface area contributed by atoms with Gasteiger partial charge in [-0.3, -0.25) is 0 Å². The van der Waals surface area contributed by atoms with Crippen LogP contribution in [0.3, 0.4) is 0 Å². The van der Waals surface area contributed by atoms with Crippen molar-refractivity contribution in [2.45, 2.75) is 6.92 Å². The number of benzene rings is 2. The molecular formula is C15H11ClO. The topological polar surface area (TPSA) is 13.1 Å². The molecular weight excluding hydrogens is 232 g/mol. The van der Waals surface area contributed by atoms with Gasteiger partial charge in [-0.2, -0.15) is 0 Å². The van der Waals surface area contributed by atoms with E-state index in [2.05, 4.69) is 25.1 Å². The Morgan fingerprint density at radius 1 is 0.941 bits per heavy atom. The second-order valence-corrected chi connectivity index (χ2v) is 4.60. The van der Waals surface area contributed by atoms with Crippen molar-refractivity contribution in [2.75, 3.05) is 0 Å². The maximum atomic E-state index is 5.87. The summed E-state index contributed by atoms with van der Waals surface area (Å²) in [5.74, 6) is 0.877. The van der Waals surface area contributed by atoms with E-state index in [9.17, 15) is 0 Å². The Hall–Kier alpha value is -1.73.